The summed E-state index contributed by atoms with van der Waals surface area (Å²) < 4.78 is 14.8. The zero-order chi connectivity index (χ0) is 28.3. The number of H-pyrrole nitrogens is 2. The fourth-order valence-corrected chi connectivity index (χ4v) is 6.27. The Bertz CT molecular complexity index is 1780. The van der Waals surface area contributed by atoms with Crippen molar-refractivity contribution in [2.75, 3.05) is 19.6 Å². The monoisotopic (exact) mass is 544 g/mol. The van der Waals surface area contributed by atoms with E-state index in [1.807, 2.05) is 18.2 Å². The highest BCUT2D eigenvalue weighted by molar-refractivity contribution is 6.02. The summed E-state index contributed by atoms with van der Waals surface area (Å²) in [6, 6.07) is 20.2. The maximum atomic E-state index is 14.8. The number of likely N-dealkylation sites (tertiary alicyclic amines) is 1. The molecule has 5 aromatic rings. The molecule has 1 aliphatic heterocycles. The normalized spacial score (nSPS) is 14.9. The van der Waals surface area contributed by atoms with Crippen LogP contribution in [0.15, 0.2) is 91.0 Å². The van der Waals surface area contributed by atoms with Crippen molar-refractivity contribution in [3.8, 4) is 22.5 Å². The molecule has 0 atom stereocenters. The lowest BCUT2D eigenvalue weighted by Gasteiger charge is -2.14. The van der Waals surface area contributed by atoms with Gasteiger partial charge in [0.1, 0.15) is 11.5 Å². The van der Waals surface area contributed by atoms with Gasteiger partial charge in [0.2, 0.25) is 0 Å². The zero-order valence-electron chi connectivity index (χ0n) is 23.9. The van der Waals surface area contributed by atoms with Crippen LogP contribution in [-0.2, 0) is 6.42 Å². The molecule has 0 unspecified atom stereocenters. The van der Waals surface area contributed by atoms with Crippen LogP contribution in [0.3, 0.4) is 0 Å². The van der Waals surface area contributed by atoms with E-state index >= 15 is 0 Å². The quantitative estimate of drug-likeness (QED) is 0.182. The average molecular weight is 545 g/mol. The molecule has 0 saturated carbocycles. The number of rotatable bonds is 9. The topological polar surface area (TPSA) is 47.7 Å². The first kappa shape index (κ1) is 27.0. The molecular formula is C36H37FN4. The number of aryl methyl sites for hydroxylation is 1. The van der Waals surface area contributed by atoms with Gasteiger partial charge in [0.05, 0.1) is 11.2 Å². The van der Waals surface area contributed by atoms with Gasteiger partial charge >= 0.3 is 0 Å². The Balaban J connectivity index is 1.34. The Morgan fingerprint density at radius 3 is 2.68 bits per heavy atom. The van der Waals surface area contributed by atoms with Gasteiger partial charge in [-0.1, -0.05) is 49.1 Å². The van der Waals surface area contributed by atoms with Crippen LogP contribution < -0.4 is 0 Å². The van der Waals surface area contributed by atoms with Gasteiger partial charge in [-0.05, 0) is 129 Å². The van der Waals surface area contributed by atoms with Crippen molar-refractivity contribution in [3.63, 3.8) is 0 Å². The molecule has 5 heteroatoms. The van der Waals surface area contributed by atoms with Crippen molar-refractivity contribution in [1.82, 2.24) is 20.1 Å². The van der Waals surface area contributed by atoms with Crippen molar-refractivity contribution in [2.24, 2.45) is 0 Å². The molecule has 4 nitrogen and oxygen atoms in total. The van der Waals surface area contributed by atoms with Crippen LogP contribution in [0.5, 0.6) is 0 Å². The molecule has 2 N–H and O–H groups in total. The number of aromatic amines is 2. The summed E-state index contributed by atoms with van der Waals surface area (Å²) in [6.45, 7) is 11.5. The molecule has 0 radical (unpaired) electrons. The lowest BCUT2D eigenvalue weighted by molar-refractivity contribution is 0.334. The Kier molecular flexibility index (Phi) is 7.71. The fourth-order valence-electron chi connectivity index (χ4n) is 6.27. The van der Waals surface area contributed by atoms with Gasteiger partial charge in [-0.25, -0.2) is 4.39 Å². The zero-order valence-corrected chi connectivity index (χ0v) is 23.9. The molecule has 208 valence electrons. The van der Waals surface area contributed by atoms with Crippen LogP contribution in [0.1, 0.15) is 44.2 Å². The maximum Gasteiger partial charge on any atom is 0.124 e. The second kappa shape index (κ2) is 11.7. The lowest BCUT2D eigenvalue weighted by atomic mass is 9.96. The van der Waals surface area contributed by atoms with Gasteiger partial charge in [0.15, 0.2) is 0 Å². The molecule has 3 heterocycles. The molecule has 3 aromatic carbocycles. The average Bonchev–Trinajstić information content (AvgIpc) is 3.72. The Labute approximate surface area is 241 Å². The third-order valence-corrected chi connectivity index (χ3v) is 8.28. The minimum absolute atomic E-state index is 0.183. The minimum Gasteiger partial charge on any atom is -0.353 e. The lowest BCUT2D eigenvalue weighted by Crippen LogP contribution is -2.20. The molecule has 0 aliphatic carbocycles. The number of aromatic nitrogens is 3. The Hall–Kier alpha value is -4.22. The molecule has 1 aliphatic rings. The van der Waals surface area contributed by atoms with Crippen LogP contribution in [0.4, 0.5) is 4.39 Å². The maximum absolute atomic E-state index is 14.8. The van der Waals surface area contributed by atoms with E-state index in [1.165, 1.54) is 31.5 Å². The van der Waals surface area contributed by atoms with Crippen molar-refractivity contribution in [3.05, 3.63) is 108 Å². The highest BCUT2D eigenvalue weighted by Crippen LogP contribution is 2.36. The number of allylic oxidation sites excluding steroid dienone is 5. The van der Waals surface area contributed by atoms with Crippen molar-refractivity contribution in [2.45, 2.75) is 39.5 Å². The van der Waals surface area contributed by atoms with E-state index in [9.17, 15) is 4.39 Å². The van der Waals surface area contributed by atoms with Crippen LogP contribution in [0.2, 0.25) is 0 Å². The van der Waals surface area contributed by atoms with E-state index in [0.717, 1.165) is 80.4 Å². The molecule has 2 aromatic heterocycles. The van der Waals surface area contributed by atoms with Crippen molar-refractivity contribution >= 4 is 27.4 Å². The van der Waals surface area contributed by atoms with Crippen LogP contribution in [-0.4, -0.2) is 39.7 Å². The summed E-state index contributed by atoms with van der Waals surface area (Å²) in [5.41, 5.74) is 10.2. The number of nitrogens with zero attached hydrogens (tertiary/aromatic N) is 2. The largest absolute Gasteiger partial charge is 0.353 e. The fraction of sp³-hybridized carbons (Fsp3) is 0.250. The SMILES string of the molecule is C=C/C=C(C)\C(=C/C)c1ccc2[nH]nc(-c3cc4c(-c5cc(F)cc(CCCN6CCCC6)c5)cccc4[nH]3)c2c1. The van der Waals surface area contributed by atoms with Gasteiger partial charge in [0, 0.05) is 16.3 Å². The number of hydrogen-bond donors (Lipinski definition) is 2. The summed E-state index contributed by atoms with van der Waals surface area (Å²) in [5.74, 6) is -0.183. The second-order valence-electron chi connectivity index (χ2n) is 11.1. The van der Waals surface area contributed by atoms with E-state index in [0.29, 0.717) is 0 Å². The van der Waals surface area contributed by atoms with E-state index < -0.39 is 0 Å². The molecule has 0 bridgehead atoms. The van der Waals surface area contributed by atoms with E-state index in [2.05, 4.69) is 83.9 Å². The molecule has 41 heavy (non-hydrogen) atoms. The summed E-state index contributed by atoms with van der Waals surface area (Å²) in [7, 11) is 0. The van der Waals surface area contributed by atoms with Crippen LogP contribution >= 0.6 is 0 Å². The molecule has 1 fully saturated rings. The number of benzene rings is 3. The predicted molar refractivity (Wildman–Crippen MR) is 170 cm³/mol. The number of hydrogen-bond acceptors (Lipinski definition) is 2. The van der Waals surface area contributed by atoms with Gasteiger partial charge in [-0.3, -0.25) is 5.10 Å². The standard InChI is InChI=1S/C36H37FN4/c1-4-10-24(3)29(5-2)26-14-15-34-32(22-26)36(40-39-34)35-23-31-30(12-8-13-33(31)38-35)27-19-25(20-28(37)21-27)11-9-18-41-16-6-7-17-41/h4-5,8,10,12-15,19-23,38H,1,6-7,9,11,16-18H2,2-3H3,(H,39,40)/b24-10-,29-5+. The van der Waals surface area contributed by atoms with Crippen molar-refractivity contribution in [1.29, 1.82) is 0 Å². The van der Waals surface area contributed by atoms with E-state index in [-0.39, 0.29) is 5.82 Å². The number of halogens is 1. The van der Waals surface area contributed by atoms with Crippen molar-refractivity contribution < 1.29 is 4.39 Å². The molecule has 0 amide bonds. The first-order valence-corrected chi connectivity index (χ1v) is 14.6. The Morgan fingerprint density at radius 1 is 1.02 bits per heavy atom. The highest BCUT2D eigenvalue weighted by Gasteiger charge is 2.16. The first-order chi connectivity index (χ1) is 20.0. The number of fused-ring (bicyclic) bond motifs is 2. The van der Waals surface area contributed by atoms with Gasteiger partial charge in [0.25, 0.3) is 0 Å². The predicted octanol–water partition coefficient (Wildman–Crippen LogP) is 9.08. The van der Waals surface area contributed by atoms with E-state index in [4.69, 9.17) is 5.10 Å². The number of nitrogens with one attached hydrogen (secondary N) is 2. The second-order valence-corrected chi connectivity index (χ2v) is 11.1. The summed E-state index contributed by atoms with van der Waals surface area (Å²) in [6.07, 6.45) is 10.5. The minimum atomic E-state index is -0.183. The summed E-state index contributed by atoms with van der Waals surface area (Å²) in [4.78, 5) is 6.10. The molecular weight excluding hydrogens is 507 g/mol. The highest BCUT2D eigenvalue weighted by atomic mass is 19.1. The first-order valence-electron chi connectivity index (χ1n) is 14.6. The van der Waals surface area contributed by atoms with Crippen LogP contribution in [0.25, 0.3) is 49.9 Å². The molecule has 1 saturated heterocycles. The Morgan fingerprint density at radius 2 is 1.88 bits per heavy atom. The van der Waals surface area contributed by atoms with E-state index in [1.54, 1.807) is 12.1 Å². The van der Waals surface area contributed by atoms with Crippen LogP contribution in [0, 0.1) is 5.82 Å². The molecule has 0 spiro atoms. The third kappa shape index (κ3) is 5.55. The summed E-state index contributed by atoms with van der Waals surface area (Å²) in [5, 5.41) is 10.00. The summed E-state index contributed by atoms with van der Waals surface area (Å²) >= 11 is 0. The van der Waals surface area contributed by atoms with Gasteiger partial charge in [-0.2, -0.15) is 5.10 Å². The molecule has 6 rings (SSSR count). The smallest absolute Gasteiger partial charge is 0.124 e. The van der Waals surface area contributed by atoms with Gasteiger partial charge in [-0.15, -0.1) is 0 Å². The third-order valence-electron chi connectivity index (χ3n) is 8.28. The van der Waals surface area contributed by atoms with Gasteiger partial charge < -0.3 is 9.88 Å².